The van der Waals surface area contributed by atoms with Crippen LogP contribution >= 0.6 is 23.5 Å². The van der Waals surface area contributed by atoms with Crippen molar-refractivity contribution in [2.45, 2.75) is 110 Å². The number of nitrogens with two attached hydrogens (primary N) is 1. The van der Waals surface area contributed by atoms with E-state index in [4.69, 9.17) is 5.73 Å². The largest absolute Gasteiger partial charge is 0.324 e. The lowest BCUT2D eigenvalue weighted by molar-refractivity contribution is 0.310. The SMILES string of the molecule is CCC1CCCC1(N)CNSc1cccc(-c2ccccc2)c1.CCCC.CCCCC.Cc1nsc2ccccc12. The Morgan fingerprint density at radius 3 is 2.14 bits per heavy atom. The highest BCUT2D eigenvalue weighted by molar-refractivity contribution is 7.97. The van der Waals surface area contributed by atoms with Crippen LogP contribution in [0, 0.1) is 12.8 Å². The molecule has 0 aliphatic heterocycles. The van der Waals surface area contributed by atoms with Crippen molar-refractivity contribution in [2.75, 3.05) is 6.54 Å². The number of benzene rings is 3. The van der Waals surface area contributed by atoms with Crippen LogP contribution in [-0.4, -0.2) is 16.5 Å². The molecule has 1 aromatic heterocycles. The molecular weight excluding hydrogens is 551 g/mol. The maximum atomic E-state index is 6.62. The highest BCUT2D eigenvalue weighted by Gasteiger charge is 2.37. The topological polar surface area (TPSA) is 50.9 Å². The molecule has 3 nitrogen and oxygen atoms in total. The monoisotopic (exact) mass is 605 g/mol. The van der Waals surface area contributed by atoms with Crippen molar-refractivity contribution in [1.82, 2.24) is 9.10 Å². The molecule has 0 spiro atoms. The van der Waals surface area contributed by atoms with Crippen LogP contribution in [-0.2, 0) is 0 Å². The first kappa shape index (κ1) is 36.0. The van der Waals surface area contributed by atoms with Gasteiger partial charge in [-0.1, -0.05) is 140 Å². The summed E-state index contributed by atoms with van der Waals surface area (Å²) in [5, 5.41) is 1.28. The Bertz CT molecular complexity index is 1240. The maximum Gasteiger partial charge on any atom is 0.0589 e. The first-order chi connectivity index (χ1) is 20.4. The van der Waals surface area contributed by atoms with Crippen molar-refractivity contribution in [2.24, 2.45) is 11.7 Å². The fourth-order valence-corrected chi connectivity index (χ4v) is 6.63. The first-order valence-electron chi connectivity index (χ1n) is 16.1. The summed E-state index contributed by atoms with van der Waals surface area (Å²) >= 11 is 3.26. The number of hydrogen-bond donors (Lipinski definition) is 2. The Labute approximate surface area is 265 Å². The quantitative estimate of drug-likeness (QED) is 0.186. The van der Waals surface area contributed by atoms with Crippen LogP contribution in [0.2, 0.25) is 0 Å². The second kappa shape index (κ2) is 20.7. The lowest BCUT2D eigenvalue weighted by Gasteiger charge is -2.31. The zero-order valence-corrected chi connectivity index (χ0v) is 28.6. The van der Waals surface area contributed by atoms with E-state index < -0.39 is 0 Å². The Morgan fingerprint density at radius 2 is 1.52 bits per heavy atom. The average Bonchev–Trinajstić information content (AvgIpc) is 3.60. The molecule has 1 fully saturated rings. The molecule has 42 heavy (non-hydrogen) atoms. The maximum absolute atomic E-state index is 6.62. The Morgan fingerprint density at radius 1 is 0.857 bits per heavy atom. The summed E-state index contributed by atoms with van der Waals surface area (Å²) in [6, 6.07) is 27.5. The van der Waals surface area contributed by atoms with E-state index in [1.807, 2.05) is 19.1 Å². The number of hydrogen-bond acceptors (Lipinski definition) is 5. The highest BCUT2D eigenvalue weighted by atomic mass is 32.2. The smallest absolute Gasteiger partial charge is 0.0589 e. The van der Waals surface area contributed by atoms with Gasteiger partial charge in [-0.3, -0.25) is 4.72 Å². The van der Waals surface area contributed by atoms with Gasteiger partial charge < -0.3 is 5.73 Å². The van der Waals surface area contributed by atoms with Crippen LogP contribution in [0.5, 0.6) is 0 Å². The Kier molecular flexibility index (Phi) is 17.7. The minimum atomic E-state index is -0.0290. The summed E-state index contributed by atoms with van der Waals surface area (Å²) in [6.07, 6.45) is 11.6. The highest BCUT2D eigenvalue weighted by Crippen LogP contribution is 2.36. The van der Waals surface area contributed by atoms with Crippen molar-refractivity contribution in [3.05, 3.63) is 84.6 Å². The third kappa shape index (κ3) is 12.2. The summed E-state index contributed by atoms with van der Waals surface area (Å²) in [6.45, 7) is 14.0. The summed E-state index contributed by atoms with van der Waals surface area (Å²) in [5.41, 5.74) is 10.2. The van der Waals surface area contributed by atoms with E-state index >= 15 is 0 Å². The third-order valence-electron chi connectivity index (χ3n) is 7.80. The zero-order valence-electron chi connectivity index (χ0n) is 27.0. The van der Waals surface area contributed by atoms with Crippen molar-refractivity contribution < 1.29 is 0 Å². The van der Waals surface area contributed by atoms with Crippen molar-refractivity contribution in [3.8, 4) is 11.1 Å². The van der Waals surface area contributed by atoms with Gasteiger partial charge in [0.15, 0.2) is 0 Å². The van der Waals surface area contributed by atoms with Gasteiger partial charge >= 0.3 is 0 Å². The van der Waals surface area contributed by atoms with Crippen LogP contribution in [0.25, 0.3) is 21.2 Å². The van der Waals surface area contributed by atoms with E-state index in [1.54, 1.807) is 23.5 Å². The van der Waals surface area contributed by atoms with E-state index in [1.165, 1.54) is 77.5 Å². The minimum Gasteiger partial charge on any atom is -0.324 e. The van der Waals surface area contributed by atoms with Crippen molar-refractivity contribution in [1.29, 1.82) is 0 Å². The molecule has 0 bridgehead atoms. The van der Waals surface area contributed by atoms with E-state index in [2.05, 4.69) is 110 Å². The van der Waals surface area contributed by atoms with E-state index in [0.717, 1.165) is 18.7 Å². The molecule has 5 rings (SSSR count). The summed E-state index contributed by atoms with van der Waals surface area (Å²) in [7, 11) is 0. The molecule has 0 radical (unpaired) electrons. The van der Waals surface area contributed by atoms with E-state index in [-0.39, 0.29) is 5.54 Å². The third-order valence-corrected chi connectivity index (χ3v) is 9.49. The number of aromatic nitrogens is 1. The number of nitrogens with zero attached hydrogens (tertiary/aromatic N) is 1. The Balaban J connectivity index is 0.000000265. The molecule has 0 amide bonds. The molecule has 230 valence electrons. The zero-order chi connectivity index (χ0) is 30.6. The fraction of sp³-hybridized carbons (Fsp3) is 0.486. The van der Waals surface area contributed by atoms with Crippen molar-refractivity contribution >= 4 is 33.6 Å². The predicted octanol–water partition coefficient (Wildman–Crippen LogP) is 11.5. The predicted molar refractivity (Wildman–Crippen MR) is 190 cm³/mol. The minimum absolute atomic E-state index is 0.0290. The molecule has 2 unspecified atom stereocenters. The van der Waals surface area contributed by atoms with Gasteiger partial charge in [-0.05, 0) is 78.5 Å². The molecule has 1 heterocycles. The van der Waals surface area contributed by atoms with E-state index in [9.17, 15) is 0 Å². The van der Waals surface area contributed by atoms with E-state index in [0.29, 0.717) is 5.92 Å². The lowest BCUT2D eigenvalue weighted by atomic mass is 9.86. The van der Waals surface area contributed by atoms with Gasteiger partial charge in [0.05, 0.1) is 10.4 Å². The van der Waals surface area contributed by atoms with Gasteiger partial charge in [0, 0.05) is 22.4 Å². The van der Waals surface area contributed by atoms with Crippen LogP contribution in [0.1, 0.15) is 98.1 Å². The van der Waals surface area contributed by atoms with Crippen LogP contribution in [0.15, 0.2) is 83.8 Å². The van der Waals surface area contributed by atoms with Crippen LogP contribution in [0.4, 0.5) is 0 Å². The molecule has 3 N–H and O–H groups in total. The number of aryl methyl sites for hydroxylation is 1. The Hall–Kier alpha value is -2.18. The van der Waals surface area contributed by atoms with Gasteiger partial charge in [-0.25, -0.2) is 0 Å². The molecule has 1 aliphatic rings. The molecule has 0 saturated heterocycles. The second-order valence-corrected chi connectivity index (χ2v) is 12.9. The number of rotatable bonds is 9. The molecule has 1 saturated carbocycles. The number of fused-ring (bicyclic) bond motifs is 1. The number of nitrogens with one attached hydrogen (secondary N) is 1. The fourth-order valence-electron chi connectivity index (χ4n) is 5.00. The number of unbranched alkanes of at least 4 members (excludes halogenated alkanes) is 3. The summed E-state index contributed by atoms with van der Waals surface area (Å²) < 4.78 is 9.03. The van der Waals surface area contributed by atoms with Gasteiger partial charge in [0.25, 0.3) is 0 Å². The van der Waals surface area contributed by atoms with Crippen LogP contribution in [0.3, 0.4) is 0 Å². The molecule has 2 atom stereocenters. The first-order valence-corrected chi connectivity index (χ1v) is 17.7. The summed E-state index contributed by atoms with van der Waals surface area (Å²) in [5.74, 6) is 0.659. The van der Waals surface area contributed by atoms with Gasteiger partial charge in [0.2, 0.25) is 0 Å². The molecule has 1 aliphatic carbocycles. The molecule has 3 aromatic carbocycles. The molecule has 4 aromatic rings. The lowest BCUT2D eigenvalue weighted by Crippen LogP contribution is -2.50. The standard InChI is InChI=1S/C20H26N2S.C8H7NS.C5H12.C4H10/c1-2-18-11-7-13-20(18,21)15-22-23-19-12-6-10-17(14-19)16-8-4-3-5-9-16;1-6-7-4-2-3-5-8(7)10-9-6;1-3-5-4-2;1-3-4-2/h3-6,8-10,12,14,18,22H,2,7,11,13,15,21H2,1H3;2-5H,1H3;3-5H2,1-2H3;3-4H2,1-2H3. The molecular formula is C37H55N3S2. The normalized spacial score (nSPS) is 17.4. The van der Waals surface area contributed by atoms with Crippen LogP contribution < -0.4 is 10.5 Å². The second-order valence-electron chi connectivity index (χ2n) is 11.2. The van der Waals surface area contributed by atoms with Gasteiger partial charge in [-0.2, -0.15) is 4.37 Å². The van der Waals surface area contributed by atoms with Gasteiger partial charge in [-0.15, -0.1) is 0 Å². The summed E-state index contributed by atoms with van der Waals surface area (Å²) in [4.78, 5) is 1.24. The average molecular weight is 606 g/mol. The molecule has 5 heteroatoms. The van der Waals surface area contributed by atoms with Crippen molar-refractivity contribution in [3.63, 3.8) is 0 Å². The van der Waals surface area contributed by atoms with Gasteiger partial charge in [0.1, 0.15) is 0 Å².